The molecule has 164 valence electrons. The number of nitrogens with one attached hydrogen (secondary N) is 1. The van der Waals surface area contributed by atoms with E-state index >= 15 is 0 Å². The van der Waals surface area contributed by atoms with Gasteiger partial charge in [0.1, 0.15) is 5.82 Å². The second kappa shape index (κ2) is 9.32. The second-order valence-corrected chi connectivity index (χ2v) is 7.99. The minimum Gasteiger partial charge on any atom is -0.372 e. The van der Waals surface area contributed by atoms with Crippen LogP contribution in [0.25, 0.3) is 5.65 Å². The molecular weight excluding hydrogens is 390 g/mol. The van der Waals surface area contributed by atoms with Crippen LogP contribution in [0.2, 0.25) is 0 Å². The molecule has 0 spiro atoms. The Bertz CT molecular complexity index is 1050. The van der Waals surface area contributed by atoms with Gasteiger partial charge >= 0.3 is 0 Å². The lowest BCUT2D eigenvalue weighted by molar-refractivity contribution is -0.116. The number of nitrogens with zero attached hydrogens (tertiary/aromatic N) is 6. The van der Waals surface area contributed by atoms with E-state index in [0.717, 1.165) is 43.2 Å². The van der Waals surface area contributed by atoms with Crippen molar-refractivity contribution in [3.8, 4) is 0 Å². The largest absolute Gasteiger partial charge is 0.372 e. The number of carbonyl (C=O) groups excluding carboxylic acids is 1. The van der Waals surface area contributed by atoms with E-state index in [9.17, 15) is 4.79 Å². The van der Waals surface area contributed by atoms with Gasteiger partial charge in [0.15, 0.2) is 11.5 Å². The standard InChI is InChI=1S/C23H31N7O/c1-4-28(5-2)18-8-9-19(17(3)16-18)24-23(31)13-12-21-26-25-20-10-11-22(27-30(20)21)29-14-6-7-15-29/h8-11,16H,4-7,12-15H2,1-3H3,(H,24,31). The monoisotopic (exact) mass is 421 g/mol. The van der Waals surface area contributed by atoms with Gasteiger partial charge in [0, 0.05) is 50.4 Å². The zero-order valence-corrected chi connectivity index (χ0v) is 18.6. The van der Waals surface area contributed by atoms with Gasteiger partial charge in [0.2, 0.25) is 5.91 Å². The Labute approximate surface area is 183 Å². The van der Waals surface area contributed by atoms with Crippen molar-refractivity contribution in [2.45, 2.75) is 46.5 Å². The first-order valence-corrected chi connectivity index (χ1v) is 11.2. The smallest absolute Gasteiger partial charge is 0.224 e. The minimum atomic E-state index is -0.0360. The minimum absolute atomic E-state index is 0.0360. The molecule has 3 heterocycles. The van der Waals surface area contributed by atoms with Gasteiger partial charge in [-0.05, 0) is 69.5 Å². The SMILES string of the molecule is CCN(CC)c1ccc(NC(=O)CCc2nnc3ccc(N4CCCC4)nn23)c(C)c1. The maximum Gasteiger partial charge on any atom is 0.224 e. The molecule has 4 rings (SSSR count). The highest BCUT2D eigenvalue weighted by atomic mass is 16.1. The number of anilines is 3. The van der Waals surface area contributed by atoms with Crippen molar-refractivity contribution in [1.82, 2.24) is 19.8 Å². The molecule has 0 saturated carbocycles. The van der Waals surface area contributed by atoms with E-state index in [0.29, 0.717) is 24.3 Å². The molecule has 1 amide bonds. The zero-order valence-electron chi connectivity index (χ0n) is 18.6. The number of aromatic nitrogens is 4. The number of amides is 1. The fourth-order valence-electron chi connectivity index (χ4n) is 4.11. The third kappa shape index (κ3) is 4.62. The Kier molecular flexibility index (Phi) is 6.34. The van der Waals surface area contributed by atoms with E-state index in [1.54, 1.807) is 4.52 Å². The molecule has 8 heteroatoms. The number of carbonyl (C=O) groups is 1. The highest BCUT2D eigenvalue weighted by Crippen LogP contribution is 2.23. The molecule has 0 radical (unpaired) electrons. The first kappa shape index (κ1) is 21.1. The maximum atomic E-state index is 12.6. The molecule has 0 unspecified atom stereocenters. The van der Waals surface area contributed by atoms with E-state index < -0.39 is 0 Å². The van der Waals surface area contributed by atoms with Gasteiger partial charge in [-0.2, -0.15) is 4.52 Å². The summed E-state index contributed by atoms with van der Waals surface area (Å²) in [4.78, 5) is 17.2. The summed E-state index contributed by atoms with van der Waals surface area (Å²) in [6.07, 6.45) is 3.21. The maximum absolute atomic E-state index is 12.6. The van der Waals surface area contributed by atoms with Crippen molar-refractivity contribution < 1.29 is 4.79 Å². The Morgan fingerprint density at radius 2 is 1.87 bits per heavy atom. The van der Waals surface area contributed by atoms with Crippen LogP contribution in [0.4, 0.5) is 17.2 Å². The molecule has 1 aliphatic rings. The van der Waals surface area contributed by atoms with E-state index in [-0.39, 0.29) is 5.91 Å². The lowest BCUT2D eigenvalue weighted by Gasteiger charge is -2.22. The summed E-state index contributed by atoms with van der Waals surface area (Å²) in [6.45, 7) is 10.3. The number of fused-ring (bicyclic) bond motifs is 1. The molecule has 8 nitrogen and oxygen atoms in total. The third-order valence-electron chi connectivity index (χ3n) is 5.93. The first-order chi connectivity index (χ1) is 15.1. The van der Waals surface area contributed by atoms with Gasteiger partial charge in [0.25, 0.3) is 0 Å². The Balaban J connectivity index is 1.41. The van der Waals surface area contributed by atoms with Crippen LogP contribution < -0.4 is 15.1 Å². The molecule has 0 aliphatic carbocycles. The van der Waals surface area contributed by atoms with E-state index in [1.807, 2.05) is 25.1 Å². The molecule has 1 fully saturated rings. The molecule has 31 heavy (non-hydrogen) atoms. The molecule has 1 aromatic carbocycles. The topological polar surface area (TPSA) is 78.7 Å². The quantitative estimate of drug-likeness (QED) is 0.600. The summed E-state index contributed by atoms with van der Waals surface area (Å²) in [5.74, 6) is 1.62. The van der Waals surface area contributed by atoms with Crippen molar-refractivity contribution >= 4 is 28.7 Å². The van der Waals surface area contributed by atoms with Crippen LogP contribution in [0.3, 0.4) is 0 Å². The molecule has 1 N–H and O–H groups in total. The lowest BCUT2D eigenvalue weighted by Crippen LogP contribution is -2.22. The van der Waals surface area contributed by atoms with Crippen molar-refractivity contribution in [2.24, 2.45) is 0 Å². The summed E-state index contributed by atoms with van der Waals surface area (Å²) >= 11 is 0. The van der Waals surface area contributed by atoms with Crippen LogP contribution in [-0.4, -0.2) is 51.9 Å². The van der Waals surface area contributed by atoms with Gasteiger partial charge in [-0.1, -0.05) is 0 Å². The number of aryl methyl sites for hydroxylation is 2. The number of hydrogen-bond donors (Lipinski definition) is 1. The van der Waals surface area contributed by atoms with Crippen LogP contribution in [0.15, 0.2) is 30.3 Å². The summed E-state index contributed by atoms with van der Waals surface area (Å²) in [5, 5.41) is 16.2. The third-order valence-corrected chi connectivity index (χ3v) is 5.93. The zero-order chi connectivity index (χ0) is 21.8. The van der Waals surface area contributed by atoms with Gasteiger partial charge in [-0.15, -0.1) is 15.3 Å². The van der Waals surface area contributed by atoms with Crippen molar-refractivity contribution in [3.63, 3.8) is 0 Å². The van der Waals surface area contributed by atoms with Crippen LogP contribution in [0.1, 0.15) is 44.5 Å². The van der Waals surface area contributed by atoms with Crippen molar-refractivity contribution in [3.05, 3.63) is 41.7 Å². The number of benzene rings is 1. The van der Waals surface area contributed by atoms with E-state index in [2.05, 4.69) is 51.3 Å². The summed E-state index contributed by atoms with van der Waals surface area (Å²) in [6, 6.07) is 10.1. The highest BCUT2D eigenvalue weighted by Gasteiger charge is 2.16. The van der Waals surface area contributed by atoms with E-state index in [1.165, 1.54) is 18.5 Å². The van der Waals surface area contributed by atoms with Crippen LogP contribution in [-0.2, 0) is 11.2 Å². The van der Waals surface area contributed by atoms with Crippen LogP contribution >= 0.6 is 0 Å². The Morgan fingerprint density at radius 3 is 2.58 bits per heavy atom. The predicted molar refractivity (Wildman–Crippen MR) is 124 cm³/mol. The predicted octanol–water partition coefficient (Wildman–Crippen LogP) is 3.45. The summed E-state index contributed by atoms with van der Waals surface area (Å²) in [5.41, 5.74) is 3.79. The first-order valence-electron chi connectivity index (χ1n) is 11.2. The molecule has 3 aromatic rings. The van der Waals surface area contributed by atoms with Crippen molar-refractivity contribution in [2.75, 3.05) is 41.3 Å². The molecule has 1 aliphatic heterocycles. The number of rotatable bonds is 8. The van der Waals surface area contributed by atoms with Gasteiger partial charge < -0.3 is 15.1 Å². The molecule has 0 bridgehead atoms. The Morgan fingerprint density at radius 1 is 1.10 bits per heavy atom. The lowest BCUT2D eigenvalue weighted by atomic mass is 10.1. The Hall–Kier alpha value is -3.16. The van der Waals surface area contributed by atoms with Crippen LogP contribution in [0.5, 0.6) is 0 Å². The van der Waals surface area contributed by atoms with Gasteiger partial charge in [0.05, 0.1) is 0 Å². The van der Waals surface area contributed by atoms with Crippen LogP contribution in [0, 0.1) is 6.92 Å². The summed E-state index contributed by atoms with van der Waals surface area (Å²) in [7, 11) is 0. The average molecular weight is 422 g/mol. The molecule has 0 atom stereocenters. The summed E-state index contributed by atoms with van der Waals surface area (Å²) < 4.78 is 1.77. The fourth-order valence-corrected chi connectivity index (χ4v) is 4.11. The van der Waals surface area contributed by atoms with Crippen molar-refractivity contribution in [1.29, 1.82) is 0 Å². The number of hydrogen-bond acceptors (Lipinski definition) is 6. The average Bonchev–Trinajstić information content (AvgIpc) is 3.45. The van der Waals surface area contributed by atoms with Gasteiger partial charge in [-0.3, -0.25) is 4.79 Å². The second-order valence-electron chi connectivity index (χ2n) is 7.99. The fraction of sp³-hybridized carbons (Fsp3) is 0.478. The molecule has 2 aromatic heterocycles. The molecular formula is C23H31N7O. The van der Waals surface area contributed by atoms with Gasteiger partial charge in [-0.25, -0.2) is 0 Å². The highest BCUT2D eigenvalue weighted by molar-refractivity contribution is 5.91. The molecule has 1 saturated heterocycles. The normalized spacial score (nSPS) is 13.7. The van der Waals surface area contributed by atoms with E-state index in [4.69, 9.17) is 5.10 Å².